The number of halogens is 3. The average Bonchev–Trinajstić information content (AvgIpc) is 2.93. The van der Waals surface area contributed by atoms with Crippen molar-refractivity contribution in [2.45, 2.75) is 32.1 Å². The van der Waals surface area contributed by atoms with Gasteiger partial charge in [-0.3, -0.25) is 0 Å². The Bertz CT molecular complexity index is 673. The highest BCUT2D eigenvalue weighted by Gasteiger charge is 2.36. The van der Waals surface area contributed by atoms with Crippen molar-refractivity contribution in [2.75, 3.05) is 12.3 Å². The van der Waals surface area contributed by atoms with Crippen LogP contribution in [-0.2, 0) is 6.18 Å². The van der Waals surface area contributed by atoms with E-state index in [1.165, 1.54) is 18.3 Å². The van der Waals surface area contributed by atoms with Crippen LogP contribution in [-0.4, -0.2) is 22.7 Å². The van der Waals surface area contributed by atoms with Crippen LogP contribution >= 0.6 is 11.3 Å². The van der Waals surface area contributed by atoms with E-state index in [9.17, 15) is 18.3 Å². The van der Waals surface area contributed by atoms with Gasteiger partial charge in [-0.1, -0.05) is 32.0 Å². The van der Waals surface area contributed by atoms with Crippen molar-refractivity contribution >= 4 is 16.5 Å². The van der Waals surface area contributed by atoms with Gasteiger partial charge in [-0.25, -0.2) is 4.98 Å². The number of anilines is 1. The number of rotatable bonds is 6. The third kappa shape index (κ3) is 4.25. The molecule has 0 aliphatic carbocycles. The van der Waals surface area contributed by atoms with E-state index in [1.54, 1.807) is 6.07 Å². The van der Waals surface area contributed by atoms with Gasteiger partial charge in [-0.2, -0.15) is 13.2 Å². The van der Waals surface area contributed by atoms with Crippen LogP contribution in [0.25, 0.3) is 0 Å². The second kappa shape index (κ2) is 7.50. The van der Waals surface area contributed by atoms with Crippen molar-refractivity contribution < 1.29 is 18.3 Å². The minimum atomic E-state index is -4.47. The molecule has 1 aromatic heterocycles. The summed E-state index contributed by atoms with van der Waals surface area (Å²) in [7, 11) is 0. The molecule has 0 bridgehead atoms. The Morgan fingerprint density at radius 3 is 2.46 bits per heavy atom. The lowest BCUT2D eigenvalue weighted by Gasteiger charge is -2.28. The quantitative estimate of drug-likeness (QED) is 0.739. The monoisotopic (exact) mass is 359 g/mol. The summed E-state index contributed by atoms with van der Waals surface area (Å²) in [6.45, 7) is 3.60. The van der Waals surface area contributed by atoms with Crippen LogP contribution in [0.2, 0.25) is 0 Å². The summed E-state index contributed by atoms with van der Waals surface area (Å²) in [6, 6.07) is 4.29. The van der Waals surface area contributed by atoms with E-state index < -0.39 is 17.8 Å². The molecule has 0 radical (unpaired) electrons. The number of thiazole rings is 1. The summed E-state index contributed by atoms with van der Waals surface area (Å²) in [5.41, 5.74) is 5.03. The summed E-state index contributed by atoms with van der Waals surface area (Å²) in [5, 5.41) is 13.0. The fourth-order valence-corrected chi connectivity index (χ4v) is 3.20. The predicted octanol–water partition coefficient (Wildman–Crippen LogP) is 3.44. The van der Waals surface area contributed by atoms with E-state index in [1.807, 2.05) is 13.8 Å². The molecule has 4 N–H and O–H groups in total. The van der Waals surface area contributed by atoms with Crippen molar-refractivity contribution in [3.63, 3.8) is 0 Å². The van der Waals surface area contributed by atoms with Crippen molar-refractivity contribution in [1.29, 1.82) is 0 Å². The zero-order chi connectivity index (χ0) is 17.9. The van der Waals surface area contributed by atoms with Gasteiger partial charge in [0.2, 0.25) is 0 Å². The third-order valence-corrected chi connectivity index (χ3v) is 4.68. The molecule has 0 saturated carbocycles. The van der Waals surface area contributed by atoms with Gasteiger partial charge in [0.25, 0.3) is 0 Å². The molecule has 0 fully saturated rings. The van der Waals surface area contributed by atoms with E-state index in [2.05, 4.69) is 10.3 Å². The summed E-state index contributed by atoms with van der Waals surface area (Å²) in [4.78, 5) is 4.52. The third-order valence-electron chi connectivity index (χ3n) is 3.79. The lowest BCUT2D eigenvalue weighted by molar-refractivity contribution is -0.138. The van der Waals surface area contributed by atoms with E-state index in [4.69, 9.17) is 5.73 Å². The fraction of sp³-hybridized carbons (Fsp3) is 0.438. The number of aromatic nitrogens is 1. The average molecular weight is 359 g/mol. The molecule has 0 aliphatic heterocycles. The maximum atomic E-state index is 13.4. The van der Waals surface area contributed by atoms with Gasteiger partial charge < -0.3 is 16.2 Å². The molecule has 0 saturated heterocycles. The Kier molecular flexibility index (Phi) is 5.84. The van der Waals surface area contributed by atoms with E-state index in [0.717, 1.165) is 17.4 Å². The molecule has 2 atom stereocenters. The van der Waals surface area contributed by atoms with Gasteiger partial charge >= 0.3 is 6.18 Å². The number of hydrogen-bond acceptors (Lipinski definition) is 5. The topological polar surface area (TPSA) is 71.2 Å². The Hall–Kier alpha value is -1.64. The SMILES string of the molecule is CC(C)[C@H](CO)NC(c1cnc(N)s1)c1ccccc1C(F)(F)F. The number of benzene rings is 1. The highest BCUT2D eigenvalue weighted by Crippen LogP contribution is 2.38. The van der Waals surface area contributed by atoms with Crippen molar-refractivity contribution in [3.8, 4) is 0 Å². The molecule has 4 nitrogen and oxygen atoms in total. The first-order valence-corrected chi connectivity index (χ1v) is 8.30. The smallest absolute Gasteiger partial charge is 0.395 e. The standard InChI is InChI=1S/C16H20F3N3OS/c1-9(2)12(8-23)22-14(13-7-21-15(20)24-13)10-5-3-4-6-11(10)16(17,18)19/h3-7,9,12,14,22-23H,8H2,1-2H3,(H2,20,21)/t12-,14?/m0/s1. The zero-order valence-corrected chi connectivity index (χ0v) is 14.2. The minimum absolute atomic E-state index is 0.0424. The summed E-state index contributed by atoms with van der Waals surface area (Å²) >= 11 is 1.13. The molecule has 1 unspecified atom stereocenters. The maximum Gasteiger partial charge on any atom is 0.416 e. The second-order valence-electron chi connectivity index (χ2n) is 5.82. The van der Waals surface area contributed by atoms with Crippen LogP contribution in [0, 0.1) is 5.92 Å². The number of aliphatic hydroxyl groups is 1. The van der Waals surface area contributed by atoms with Crippen molar-refractivity contribution in [1.82, 2.24) is 10.3 Å². The van der Waals surface area contributed by atoms with Gasteiger partial charge in [0.15, 0.2) is 5.13 Å². The van der Waals surface area contributed by atoms with E-state index in [-0.39, 0.29) is 29.3 Å². The van der Waals surface area contributed by atoms with Crippen LogP contribution in [0.1, 0.15) is 35.9 Å². The molecule has 24 heavy (non-hydrogen) atoms. The number of nitrogen functional groups attached to an aromatic ring is 1. The van der Waals surface area contributed by atoms with Crippen LogP contribution in [0.3, 0.4) is 0 Å². The maximum absolute atomic E-state index is 13.4. The summed E-state index contributed by atoms with van der Waals surface area (Å²) < 4.78 is 40.2. The Balaban J connectivity index is 2.51. The molecular weight excluding hydrogens is 339 g/mol. The largest absolute Gasteiger partial charge is 0.416 e. The molecule has 1 aromatic carbocycles. The number of hydrogen-bond donors (Lipinski definition) is 3. The molecule has 8 heteroatoms. The molecular formula is C16H20F3N3OS. The van der Waals surface area contributed by atoms with Crippen LogP contribution in [0.5, 0.6) is 0 Å². The van der Waals surface area contributed by atoms with Gasteiger partial charge in [-0.15, -0.1) is 11.3 Å². The summed E-state index contributed by atoms with van der Waals surface area (Å²) in [5.74, 6) is 0.0424. The molecule has 0 spiro atoms. The number of aliphatic hydroxyl groups excluding tert-OH is 1. The highest BCUT2D eigenvalue weighted by atomic mass is 32.1. The molecule has 0 aliphatic rings. The predicted molar refractivity (Wildman–Crippen MR) is 88.7 cm³/mol. The number of alkyl halides is 3. The van der Waals surface area contributed by atoms with Crippen molar-refractivity contribution in [2.24, 2.45) is 5.92 Å². The molecule has 2 aromatic rings. The molecule has 1 heterocycles. The molecule has 132 valence electrons. The van der Waals surface area contributed by atoms with E-state index >= 15 is 0 Å². The highest BCUT2D eigenvalue weighted by molar-refractivity contribution is 7.15. The summed E-state index contributed by atoms with van der Waals surface area (Å²) in [6.07, 6.45) is -3.00. The van der Waals surface area contributed by atoms with Gasteiger partial charge in [0, 0.05) is 17.1 Å². The van der Waals surface area contributed by atoms with E-state index in [0.29, 0.717) is 4.88 Å². The Labute approximate surface area is 142 Å². The second-order valence-corrected chi connectivity index (χ2v) is 6.91. The minimum Gasteiger partial charge on any atom is -0.395 e. The first-order valence-electron chi connectivity index (χ1n) is 7.48. The molecule has 0 amide bonds. The Morgan fingerprint density at radius 2 is 1.96 bits per heavy atom. The van der Waals surface area contributed by atoms with Gasteiger partial charge in [-0.05, 0) is 17.5 Å². The molecule has 2 rings (SSSR count). The Morgan fingerprint density at radius 1 is 1.29 bits per heavy atom. The number of nitrogens with one attached hydrogen (secondary N) is 1. The zero-order valence-electron chi connectivity index (χ0n) is 13.3. The first kappa shape index (κ1) is 18.7. The van der Waals surface area contributed by atoms with Gasteiger partial charge in [0.05, 0.1) is 18.2 Å². The number of nitrogens with zero attached hydrogens (tertiary/aromatic N) is 1. The lowest BCUT2D eigenvalue weighted by Crippen LogP contribution is -2.40. The van der Waals surface area contributed by atoms with Crippen LogP contribution < -0.4 is 11.1 Å². The van der Waals surface area contributed by atoms with Gasteiger partial charge in [0.1, 0.15) is 0 Å². The fourth-order valence-electron chi connectivity index (χ4n) is 2.44. The van der Waals surface area contributed by atoms with Crippen molar-refractivity contribution in [3.05, 3.63) is 46.5 Å². The first-order chi connectivity index (χ1) is 11.2. The number of nitrogens with two attached hydrogens (primary N) is 1. The normalized spacial score (nSPS) is 14.8. The van der Waals surface area contributed by atoms with Crippen LogP contribution in [0.15, 0.2) is 30.5 Å². The lowest BCUT2D eigenvalue weighted by atomic mass is 9.96. The van der Waals surface area contributed by atoms with Crippen LogP contribution in [0.4, 0.5) is 18.3 Å².